The van der Waals surface area contributed by atoms with E-state index in [-0.39, 0.29) is 18.8 Å². The maximum Gasteiger partial charge on any atom is 0.361 e. The fraction of sp³-hybridized carbons (Fsp3) is 0.278. The number of aliphatic hydroxyl groups is 1. The van der Waals surface area contributed by atoms with Crippen LogP contribution in [0.5, 0.6) is 0 Å². The third-order valence-corrected chi connectivity index (χ3v) is 4.57. The monoisotopic (exact) mass is 357 g/mol. The summed E-state index contributed by atoms with van der Waals surface area (Å²) in [6.07, 6.45) is 0. The average molecular weight is 357 g/mol. The van der Waals surface area contributed by atoms with Crippen molar-refractivity contribution in [1.29, 1.82) is 0 Å². The Hall–Kier alpha value is -2.51. The number of esters is 1. The minimum absolute atomic E-state index is 0.113. The Balaban J connectivity index is 1.98. The Kier molecular flexibility index (Phi) is 4.96. The maximum atomic E-state index is 12.2. The van der Waals surface area contributed by atoms with Crippen LogP contribution in [0.4, 0.5) is 5.69 Å². The summed E-state index contributed by atoms with van der Waals surface area (Å²) < 4.78 is 5.08. The van der Waals surface area contributed by atoms with Crippen molar-refractivity contribution < 1.29 is 14.6 Å². The van der Waals surface area contributed by atoms with Gasteiger partial charge >= 0.3 is 5.97 Å². The van der Waals surface area contributed by atoms with Gasteiger partial charge in [-0.1, -0.05) is 18.2 Å². The van der Waals surface area contributed by atoms with Crippen LogP contribution in [0.25, 0.3) is 10.9 Å². The molecule has 2 heterocycles. The van der Waals surface area contributed by atoms with Gasteiger partial charge in [0.25, 0.3) is 0 Å². The molecule has 1 unspecified atom stereocenters. The highest BCUT2D eigenvalue weighted by molar-refractivity contribution is 7.08. The summed E-state index contributed by atoms with van der Waals surface area (Å²) in [5.74, 6) is -0.543. The van der Waals surface area contributed by atoms with Crippen LogP contribution in [0.3, 0.4) is 0 Å². The lowest BCUT2D eigenvalue weighted by atomic mass is 9.99. The Labute approximate surface area is 149 Å². The summed E-state index contributed by atoms with van der Waals surface area (Å²) in [6.45, 7) is 3.93. The quantitative estimate of drug-likeness (QED) is 0.659. The number of ether oxygens (including phenoxy) is 1. The van der Waals surface area contributed by atoms with Crippen molar-refractivity contribution in [2.75, 3.05) is 18.5 Å². The predicted molar refractivity (Wildman–Crippen MR) is 97.9 cm³/mol. The first-order valence-corrected chi connectivity index (χ1v) is 8.88. The van der Waals surface area contributed by atoms with E-state index in [4.69, 9.17) is 4.74 Å². The molecule has 130 valence electrons. The van der Waals surface area contributed by atoms with Crippen molar-refractivity contribution >= 4 is 33.9 Å². The summed E-state index contributed by atoms with van der Waals surface area (Å²) in [6, 6.07) is 9.27. The van der Waals surface area contributed by atoms with Gasteiger partial charge in [-0.2, -0.15) is 11.3 Å². The molecular formula is C18H19N3O3S. The maximum absolute atomic E-state index is 12.2. The first kappa shape index (κ1) is 17.3. The number of hydrogen-bond acceptors (Lipinski definition) is 7. The summed E-state index contributed by atoms with van der Waals surface area (Å²) in [4.78, 5) is 12.2. The third-order valence-electron chi connectivity index (χ3n) is 3.89. The Morgan fingerprint density at radius 3 is 2.84 bits per heavy atom. The van der Waals surface area contributed by atoms with Gasteiger partial charge in [0, 0.05) is 11.9 Å². The van der Waals surface area contributed by atoms with Crippen molar-refractivity contribution in [2.24, 2.45) is 0 Å². The van der Waals surface area contributed by atoms with E-state index < -0.39 is 11.6 Å². The molecular weight excluding hydrogens is 338 g/mol. The van der Waals surface area contributed by atoms with Crippen LogP contribution in [0.2, 0.25) is 0 Å². The Bertz CT molecular complexity index is 878. The smallest absolute Gasteiger partial charge is 0.361 e. The van der Waals surface area contributed by atoms with Crippen LogP contribution in [-0.2, 0) is 10.3 Å². The number of benzene rings is 1. The van der Waals surface area contributed by atoms with E-state index >= 15 is 0 Å². The second-order valence-electron chi connectivity index (χ2n) is 5.80. The fourth-order valence-corrected chi connectivity index (χ4v) is 3.29. The molecule has 0 radical (unpaired) electrons. The highest BCUT2D eigenvalue weighted by Gasteiger charge is 2.26. The second-order valence-corrected chi connectivity index (χ2v) is 6.58. The predicted octanol–water partition coefficient (Wildman–Crippen LogP) is 3.19. The molecule has 2 aromatic heterocycles. The summed E-state index contributed by atoms with van der Waals surface area (Å²) in [7, 11) is 0. The molecule has 25 heavy (non-hydrogen) atoms. The molecule has 0 amide bonds. The molecule has 0 fully saturated rings. The first-order valence-electron chi connectivity index (χ1n) is 7.94. The molecule has 3 aromatic rings. The van der Waals surface area contributed by atoms with Gasteiger partial charge in [0.15, 0.2) is 5.69 Å². The number of nitrogens with zero attached hydrogens (tertiary/aromatic N) is 2. The van der Waals surface area contributed by atoms with E-state index in [1.807, 2.05) is 41.1 Å². The molecule has 3 rings (SSSR count). The van der Waals surface area contributed by atoms with Crippen LogP contribution < -0.4 is 5.32 Å². The normalized spacial score (nSPS) is 13.4. The van der Waals surface area contributed by atoms with Crippen LogP contribution >= 0.6 is 11.3 Å². The van der Waals surface area contributed by atoms with Crippen molar-refractivity contribution in [1.82, 2.24) is 10.2 Å². The molecule has 0 saturated carbocycles. The van der Waals surface area contributed by atoms with Gasteiger partial charge in [0.05, 0.1) is 17.8 Å². The highest BCUT2D eigenvalue weighted by atomic mass is 32.1. The number of thiophene rings is 1. The zero-order valence-corrected chi connectivity index (χ0v) is 14.8. The van der Waals surface area contributed by atoms with Crippen molar-refractivity contribution in [3.05, 3.63) is 52.3 Å². The Morgan fingerprint density at radius 1 is 1.32 bits per heavy atom. The zero-order valence-electron chi connectivity index (χ0n) is 14.0. The van der Waals surface area contributed by atoms with Gasteiger partial charge in [-0.25, -0.2) is 4.79 Å². The molecule has 0 bridgehead atoms. The van der Waals surface area contributed by atoms with E-state index in [0.29, 0.717) is 11.2 Å². The van der Waals surface area contributed by atoms with E-state index in [2.05, 4.69) is 15.5 Å². The number of rotatable bonds is 6. The molecule has 7 heteroatoms. The molecule has 6 nitrogen and oxygen atoms in total. The number of carbonyl (C=O) groups excluding carboxylic acids is 1. The van der Waals surface area contributed by atoms with Crippen LogP contribution in [0, 0.1) is 0 Å². The number of anilines is 1. The largest absolute Gasteiger partial charge is 0.461 e. The van der Waals surface area contributed by atoms with Crippen molar-refractivity contribution in [3.63, 3.8) is 0 Å². The minimum Gasteiger partial charge on any atom is -0.461 e. The molecule has 0 aliphatic rings. The van der Waals surface area contributed by atoms with Crippen molar-refractivity contribution in [3.8, 4) is 0 Å². The van der Waals surface area contributed by atoms with Gasteiger partial charge in [0.1, 0.15) is 5.60 Å². The molecule has 0 saturated heterocycles. The lowest BCUT2D eigenvalue weighted by molar-refractivity contribution is 0.0517. The van der Waals surface area contributed by atoms with Gasteiger partial charge < -0.3 is 15.2 Å². The number of nitrogens with one attached hydrogen (secondary N) is 1. The number of aromatic nitrogens is 2. The number of carbonyl (C=O) groups is 1. The topological polar surface area (TPSA) is 84.3 Å². The minimum atomic E-state index is -1.09. The van der Waals surface area contributed by atoms with Crippen LogP contribution in [-0.4, -0.2) is 34.4 Å². The van der Waals surface area contributed by atoms with E-state index in [0.717, 1.165) is 10.9 Å². The molecule has 1 atom stereocenters. The summed E-state index contributed by atoms with van der Waals surface area (Å²) >= 11 is 1.52. The lowest BCUT2D eigenvalue weighted by Gasteiger charge is -2.24. The van der Waals surface area contributed by atoms with Crippen molar-refractivity contribution in [2.45, 2.75) is 19.4 Å². The van der Waals surface area contributed by atoms with Crippen LogP contribution in [0.1, 0.15) is 29.9 Å². The summed E-state index contributed by atoms with van der Waals surface area (Å²) in [5, 5.41) is 26.6. The number of hydrogen-bond donors (Lipinski definition) is 2. The molecule has 2 N–H and O–H groups in total. The molecule has 1 aromatic carbocycles. The van der Waals surface area contributed by atoms with E-state index in [9.17, 15) is 9.90 Å². The fourth-order valence-electron chi connectivity index (χ4n) is 2.51. The summed E-state index contributed by atoms with van der Waals surface area (Å²) in [5.41, 5.74) is 1.01. The second kappa shape index (κ2) is 7.16. The zero-order chi connectivity index (χ0) is 17.9. The first-order chi connectivity index (χ1) is 12.0. The Morgan fingerprint density at radius 2 is 2.12 bits per heavy atom. The lowest BCUT2D eigenvalue weighted by Crippen LogP contribution is -2.31. The third kappa shape index (κ3) is 3.62. The van der Waals surface area contributed by atoms with Crippen LogP contribution in [0.15, 0.2) is 41.1 Å². The van der Waals surface area contributed by atoms with Gasteiger partial charge in [-0.3, -0.25) is 0 Å². The highest BCUT2D eigenvalue weighted by Crippen LogP contribution is 2.28. The number of fused-ring (bicyclic) bond motifs is 1. The van der Waals surface area contributed by atoms with Gasteiger partial charge in [-0.05, 0) is 42.3 Å². The van der Waals surface area contributed by atoms with Gasteiger partial charge in [-0.15, -0.1) is 10.2 Å². The molecule has 0 aliphatic heterocycles. The standard InChI is InChI=1S/C18H19N3O3S/c1-3-24-17(22)16-15(13-6-4-5-7-14(13)20-21-16)19-11-18(2,23)12-8-9-25-10-12/h4-10,23H,3,11H2,1-2H3,(H,19,20). The van der Waals surface area contributed by atoms with Gasteiger partial charge in [0.2, 0.25) is 0 Å². The SMILES string of the molecule is CCOC(=O)c1nnc2ccccc2c1NCC(C)(O)c1ccsc1. The molecule has 0 aliphatic carbocycles. The van der Waals surface area contributed by atoms with E-state index in [1.54, 1.807) is 13.8 Å². The van der Waals surface area contributed by atoms with E-state index in [1.165, 1.54) is 11.3 Å². The molecule has 0 spiro atoms. The average Bonchev–Trinajstić information content (AvgIpc) is 3.15.